The van der Waals surface area contributed by atoms with Crippen LogP contribution < -0.4 is 0 Å². The summed E-state index contributed by atoms with van der Waals surface area (Å²) >= 11 is 6.21. The molecule has 64 valence electrons. The zero-order valence-corrected chi connectivity index (χ0v) is 7.98. The molecule has 2 atom stereocenters. The molecule has 2 radical (unpaired) electrons. The smallest absolute Gasteiger partial charge is 0.0367 e. The highest BCUT2D eigenvalue weighted by Gasteiger charge is 2.20. The first-order chi connectivity index (χ1) is 5.34. The Labute approximate surface area is 75.3 Å². The zero-order valence-electron chi connectivity index (χ0n) is 7.22. The lowest BCUT2D eigenvalue weighted by atomic mass is 9.85. The third kappa shape index (κ3) is 3.02. The van der Waals surface area contributed by atoms with Gasteiger partial charge in [0, 0.05) is 5.38 Å². The first-order valence-electron chi connectivity index (χ1n) is 4.63. The average molecular weight is 173 g/mol. The van der Waals surface area contributed by atoms with E-state index in [2.05, 4.69) is 19.8 Å². The van der Waals surface area contributed by atoms with Crippen LogP contribution >= 0.6 is 11.6 Å². The Morgan fingerprint density at radius 1 is 1.55 bits per heavy atom. The van der Waals surface area contributed by atoms with E-state index in [1.54, 1.807) is 0 Å². The fraction of sp³-hybridized carbons (Fsp3) is 0.800. The van der Waals surface area contributed by atoms with Gasteiger partial charge >= 0.3 is 0 Å². The Kier molecular flexibility index (Phi) is 4.29. The molecule has 0 amide bonds. The summed E-state index contributed by atoms with van der Waals surface area (Å²) in [6, 6.07) is 0. The number of rotatable bonds is 3. The molecule has 0 nitrogen and oxygen atoms in total. The van der Waals surface area contributed by atoms with Gasteiger partial charge in [-0.2, -0.15) is 0 Å². The Bertz CT molecular complexity index is 95.0. The van der Waals surface area contributed by atoms with Crippen molar-refractivity contribution in [2.75, 3.05) is 0 Å². The molecule has 2 unspecified atom stereocenters. The highest BCUT2D eigenvalue weighted by atomic mass is 35.5. The molecule has 0 heterocycles. The van der Waals surface area contributed by atoms with Crippen LogP contribution in [-0.2, 0) is 0 Å². The molecular formula is C10H17Cl. The van der Waals surface area contributed by atoms with E-state index in [1.807, 2.05) is 0 Å². The minimum Gasteiger partial charge on any atom is -0.123 e. The van der Waals surface area contributed by atoms with Crippen molar-refractivity contribution in [3.8, 4) is 0 Å². The predicted octanol–water partition coefficient (Wildman–Crippen LogP) is 3.60. The fourth-order valence-corrected chi connectivity index (χ4v) is 2.04. The van der Waals surface area contributed by atoms with Gasteiger partial charge in [0.2, 0.25) is 0 Å². The minimum absolute atomic E-state index is 0.386. The first-order valence-corrected chi connectivity index (χ1v) is 5.07. The molecular weight excluding hydrogens is 156 g/mol. The number of hydrogen-bond acceptors (Lipinski definition) is 0. The van der Waals surface area contributed by atoms with Gasteiger partial charge in [0.15, 0.2) is 0 Å². The van der Waals surface area contributed by atoms with E-state index >= 15 is 0 Å². The molecule has 1 aliphatic rings. The third-order valence-corrected chi connectivity index (χ3v) is 2.85. The van der Waals surface area contributed by atoms with Crippen LogP contribution in [0.5, 0.6) is 0 Å². The van der Waals surface area contributed by atoms with E-state index in [0.717, 1.165) is 6.42 Å². The van der Waals surface area contributed by atoms with Crippen molar-refractivity contribution in [1.29, 1.82) is 0 Å². The standard InChI is InChI=1S/C10H17Cl/c1-2-6-10(11)9-7-4-3-5-8-9/h4,8-10H,2-3,5-7H2,1H3. The summed E-state index contributed by atoms with van der Waals surface area (Å²) < 4.78 is 0. The van der Waals surface area contributed by atoms with Crippen LogP contribution in [0.4, 0.5) is 0 Å². The lowest BCUT2D eigenvalue weighted by Crippen LogP contribution is -2.18. The Morgan fingerprint density at radius 3 is 2.91 bits per heavy atom. The highest BCUT2D eigenvalue weighted by molar-refractivity contribution is 6.20. The molecule has 1 heteroatoms. The van der Waals surface area contributed by atoms with E-state index in [0.29, 0.717) is 11.3 Å². The lowest BCUT2D eigenvalue weighted by molar-refractivity contribution is 0.471. The van der Waals surface area contributed by atoms with Crippen molar-refractivity contribution in [3.63, 3.8) is 0 Å². The second-order valence-electron chi connectivity index (χ2n) is 3.31. The molecule has 0 N–H and O–H groups in total. The van der Waals surface area contributed by atoms with E-state index in [9.17, 15) is 0 Å². The second-order valence-corrected chi connectivity index (χ2v) is 3.87. The van der Waals surface area contributed by atoms with Gasteiger partial charge < -0.3 is 0 Å². The molecule has 0 aliphatic heterocycles. The van der Waals surface area contributed by atoms with E-state index < -0.39 is 0 Å². The molecule has 11 heavy (non-hydrogen) atoms. The van der Waals surface area contributed by atoms with Crippen molar-refractivity contribution >= 4 is 11.6 Å². The summed E-state index contributed by atoms with van der Waals surface area (Å²) in [4.78, 5) is 0. The molecule has 1 fully saturated rings. The number of halogens is 1. The maximum Gasteiger partial charge on any atom is 0.0367 e. The zero-order chi connectivity index (χ0) is 8.10. The van der Waals surface area contributed by atoms with Crippen molar-refractivity contribution < 1.29 is 0 Å². The molecule has 0 saturated heterocycles. The van der Waals surface area contributed by atoms with Gasteiger partial charge in [-0.15, -0.1) is 11.6 Å². The molecule has 0 aromatic carbocycles. The Morgan fingerprint density at radius 2 is 2.36 bits per heavy atom. The molecule has 0 spiro atoms. The topological polar surface area (TPSA) is 0 Å². The van der Waals surface area contributed by atoms with Crippen LogP contribution in [0.3, 0.4) is 0 Å². The van der Waals surface area contributed by atoms with Crippen molar-refractivity contribution in [3.05, 3.63) is 12.8 Å². The average Bonchev–Trinajstić information content (AvgIpc) is 2.07. The van der Waals surface area contributed by atoms with E-state index in [1.165, 1.54) is 25.7 Å². The molecule has 0 aromatic rings. The summed E-state index contributed by atoms with van der Waals surface area (Å²) in [5, 5.41) is 0.386. The van der Waals surface area contributed by atoms with Crippen molar-refractivity contribution in [1.82, 2.24) is 0 Å². The summed E-state index contributed by atoms with van der Waals surface area (Å²) in [5.74, 6) is 0.658. The van der Waals surface area contributed by atoms with Crippen molar-refractivity contribution in [2.45, 2.75) is 44.4 Å². The monoisotopic (exact) mass is 172 g/mol. The highest BCUT2D eigenvalue weighted by Crippen LogP contribution is 2.29. The summed E-state index contributed by atoms with van der Waals surface area (Å²) in [6.07, 6.45) is 10.8. The van der Waals surface area contributed by atoms with Crippen LogP contribution in [0.15, 0.2) is 0 Å². The Hall–Kier alpha value is 0.290. The van der Waals surface area contributed by atoms with Gasteiger partial charge in [-0.05, 0) is 44.4 Å². The van der Waals surface area contributed by atoms with Crippen LogP contribution in [0, 0.1) is 18.8 Å². The van der Waals surface area contributed by atoms with Crippen molar-refractivity contribution in [2.24, 2.45) is 5.92 Å². The minimum atomic E-state index is 0.386. The normalized spacial score (nSPS) is 23.5. The van der Waals surface area contributed by atoms with E-state index in [-0.39, 0.29) is 0 Å². The first kappa shape index (κ1) is 9.38. The second kappa shape index (κ2) is 5.03. The largest absolute Gasteiger partial charge is 0.123 e. The van der Waals surface area contributed by atoms with Gasteiger partial charge in [0.25, 0.3) is 0 Å². The van der Waals surface area contributed by atoms with Gasteiger partial charge in [-0.1, -0.05) is 13.3 Å². The molecule has 1 aliphatic carbocycles. The molecule has 0 bridgehead atoms. The van der Waals surface area contributed by atoms with Crippen LogP contribution in [0.1, 0.15) is 39.0 Å². The third-order valence-electron chi connectivity index (χ3n) is 2.31. The molecule has 0 aromatic heterocycles. The number of alkyl halides is 1. The van der Waals surface area contributed by atoms with Crippen LogP contribution in [-0.4, -0.2) is 5.38 Å². The van der Waals surface area contributed by atoms with Gasteiger partial charge in [0.1, 0.15) is 0 Å². The van der Waals surface area contributed by atoms with Gasteiger partial charge in [-0.25, -0.2) is 0 Å². The Balaban J connectivity index is 2.21. The van der Waals surface area contributed by atoms with Crippen LogP contribution in [0.2, 0.25) is 0 Å². The summed E-state index contributed by atoms with van der Waals surface area (Å²) in [7, 11) is 0. The quantitative estimate of drug-likeness (QED) is 0.571. The maximum absolute atomic E-state index is 6.21. The molecule has 1 rings (SSSR count). The van der Waals surface area contributed by atoms with Gasteiger partial charge in [-0.3, -0.25) is 0 Å². The summed E-state index contributed by atoms with van der Waals surface area (Å²) in [5.41, 5.74) is 0. The lowest BCUT2D eigenvalue weighted by Gasteiger charge is -2.25. The SMILES string of the molecule is CCCC(Cl)C1[CH]CC[CH]C1. The summed E-state index contributed by atoms with van der Waals surface area (Å²) in [6.45, 7) is 2.20. The van der Waals surface area contributed by atoms with Gasteiger partial charge in [0.05, 0.1) is 0 Å². The van der Waals surface area contributed by atoms with E-state index in [4.69, 9.17) is 11.6 Å². The van der Waals surface area contributed by atoms with Crippen LogP contribution in [0.25, 0.3) is 0 Å². The molecule has 1 saturated carbocycles. The fourth-order valence-electron chi connectivity index (χ4n) is 1.62. The maximum atomic E-state index is 6.21. The predicted molar refractivity (Wildman–Crippen MR) is 50.5 cm³/mol. The number of hydrogen-bond donors (Lipinski definition) is 0.